The van der Waals surface area contributed by atoms with Gasteiger partial charge in [0.25, 0.3) is 5.69 Å². The second-order valence-electron chi connectivity index (χ2n) is 8.00. The minimum atomic E-state index is -4.13. The van der Waals surface area contributed by atoms with Crippen LogP contribution in [0.5, 0.6) is 5.75 Å². The molecule has 36 heavy (non-hydrogen) atoms. The molecule has 11 nitrogen and oxygen atoms in total. The number of anilines is 1. The number of halogens is 1. The average Bonchev–Trinajstić information content (AvgIpc) is 2.83. The first-order valence-corrected chi connectivity index (χ1v) is 12.9. The summed E-state index contributed by atoms with van der Waals surface area (Å²) in [7, 11) is -2.87. The first-order chi connectivity index (χ1) is 16.9. The van der Waals surface area contributed by atoms with Gasteiger partial charge in [0.2, 0.25) is 21.8 Å². The molecule has 2 aromatic rings. The fourth-order valence-corrected chi connectivity index (χ4v) is 4.19. The van der Waals surface area contributed by atoms with Crippen LogP contribution < -0.4 is 14.4 Å². The van der Waals surface area contributed by atoms with E-state index in [2.05, 4.69) is 5.32 Å². The number of rotatable bonds is 12. The summed E-state index contributed by atoms with van der Waals surface area (Å²) >= 11 is 0. The van der Waals surface area contributed by atoms with Crippen molar-refractivity contribution in [2.75, 3.05) is 30.8 Å². The Bertz CT molecular complexity index is 1210. The van der Waals surface area contributed by atoms with E-state index < -0.39 is 50.9 Å². The van der Waals surface area contributed by atoms with Gasteiger partial charge in [-0.3, -0.25) is 24.0 Å². The molecule has 0 saturated heterocycles. The summed E-state index contributed by atoms with van der Waals surface area (Å²) in [4.78, 5) is 37.9. The van der Waals surface area contributed by atoms with E-state index in [1.807, 2.05) is 6.92 Å². The fraction of sp³-hybridized carbons (Fsp3) is 0.391. The highest BCUT2D eigenvalue weighted by molar-refractivity contribution is 7.92. The van der Waals surface area contributed by atoms with Crippen molar-refractivity contribution in [3.8, 4) is 5.75 Å². The van der Waals surface area contributed by atoms with Gasteiger partial charge in [0.15, 0.2) is 0 Å². The number of hydrogen-bond donors (Lipinski definition) is 1. The Morgan fingerprint density at radius 2 is 1.83 bits per heavy atom. The molecule has 1 N–H and O–H groups in total. The summed E-state index contributed by atoms with van der Waals surface area (Å²) in [6, 6.07) is 7.68. The van der Waals surface area contributed by atoms with Gasteiger partial charge in [0, 0.05) is 25.2 Å². The van der Waals surface area contributed by atoms with E-state index in [1.165, 1.54) is 49.3 Å². The van der Waals surface area contributed by atoms with Crippen LogP contribution in [0.15, 0.2) is 42.5 Å². The second-order valence-corrected chi connectivity index (χ2v) is 9.90. The van der Waals surface area contributed by atoms with Crippen molar-refractivity contribution in [2.24, 2.45) is 0 Å². The van der Waals surface area contributed by atoms with Crippen LogP contribution in [0.1, 0.15) is 25.8 Å². The quantitative estimate of drug-likeness (QED) is 0.332. The molecule has 13 heteroatoms. The number of amides is 2. The fourth-order valence-electron chi connectivity index (χ4n) is 3.35. The smallest absolute Gasteiger partial charge is 0.271 e. The molecule has 0 aromatic heterocycles. The number of nitro groups is 1. The van der Waals surface area contributed by atoms with Gasteiger partial charge >= 0.3 is 0 Å². The number of hydrogen-bond acceptors (Lipinski definition) is 7. The van der Waals surface area contributed by atoms with Crippen LogP contribution in [-0.2, 0) is 26.2 Å². The maximum absolute atomic E-state index is 13.5. The Labute approximate surface area is 209 Å². The Kier molecular flexibility index (Phi) is 9.73. The largest absolute Gasteiger partial charge is 0.495 e. The number of sulfonamides is 1. The third-order valence-corrected chi connectivity index (χ3v) is 6.43. The Hall–Kier alpha value is -3.74. The Morgan fingerprint density at radius 1 is 1.19 bits per heavy atom. The highest BCUT2D eigenvalue weighted by Gasteiger charge is 2.31. The number of methoxy groups -OCH3 is 1. The number of non-ortho nitro benzene ring substituents is 1. The molecule has 2 amide bonds. The number of carbonyl (C=O) groups excluding carboxylic acids is 2. The molecule has 0 aliphatic rings. The summed E-state index contributed by atoms with van der Waals surface area (Å²) in [5, 5.41) is 14.0. The molecule has 0 bridgehead atoms. The summed E-state index contributed by atoms with van der Waals surface area (Å²) in [5.74, 6) is -1.69. The molecule has 1 atom stereocenters. The third-order valence-electron chi connectivity index (χ3n) is 5.30. The van der Waals surface area contributed by atoms with Crippen molar-refractivity contribution < 1.29 is 32.1 Å². The van der Waals surface area contributed by atoms with Gasteiger partial charge in [0.1, 0.15) is 29.8 Å². The van der Waals surface area contributed by atoms with Crippen LogP contribution in [0, 0.1) is 15.9 Å². The zero-order chi connectivity index (χ0) is 27.0. The van der Waals surface area contributed by atoms with Gasteiger partial charge in [-0.15, -0.1) is 0 Å². The summed E-state index contributed by atoms with van der Waals surface area (Å²) < 4.78 is 44.6. The molecule has 1 unspecified atom stereocenters. The van der Waals surface area contributed by atoms with Crippen molar-refractivity contribution in [2.45, 2.75) is 32.9 Å². The lowest BCUT2D eigenvalue weighted by Crippen LogP contribution is -2.51. The molecule has 0 aliphatic heterocycles. The van der Waals surface area contributed by atoms with E-state index in [9.17, 15) is 32.5 Å². The van der Waals surface area contributed by atoms with Crippen LogP contribution in [0.4, 0.5) is 15.8 Å². The standard InChI is InChI=1S/C23H29FN4O7S/c1-5-12-25-23(30)16(2)26(14-17-6-8-18(24)9-7-17)22(29)15-27(36(4,33)34)20-13-19(28(31)32)10-11-21(20)35-3/h6-11,13,16H,5,12,14-15H2,1-4H3,(H,25,30). The van der Waals surface area contributed by atoms with Crippen LogP contribution in [0.3, 0.4) is 0 Å². The lowest BCUT2D eigenvalue weighted by atomic mass is 10.1. The summed E-state index contributed by atoms with van der Waals surface area (Å²) in [5.41, 5.74) is -0.0894. The minimum Gasteiger partial charge on any atom is -0.495 e. The highest BCUT2D eigenvalue weighted by atomic mass is 32.2. The molecular formula is C23H29FN4O7S. The normalized spacial score (nSPS) is 11.9. The van der Waals surface area contributed by atoms with Crippen molar-refractivity contribution in [1.82, 2.24) is 10.2 Å². The van der Waals surface area contributed by atoms with Crippen LogP contribution >= 0.6 is 0 Å². The highest BCUT2D eigenvalue weighted by Crippen LogP contribution is 2.33. The molecule has 0 aliphatic carbocycles. The Morgan fingerprint density at radius 3 is 2.36 bits per heavy atom. The molecule has 0 spiro atoms. The monoisotopic (exact) mass is 524 g/mol. The van der Waals surface area contributed by atoms with Gasteiger partial charge in [-0.05, 0) is 37.1 Å². The van der Waals surface area contributed by atoms with Crippen LogP contribution in [-0.4, -0.2) is 62.6 Å². The lowest BCUT2D eigenvalue weighted by Gasteiger charge is -2.31. The SMILES string of the molecule is CCCNC(=O)C(C)N(Cc1ccc(F)cc1)C(=O)CN(c1cc([N+](=O)[O-])ccc1OC)S(C)(=O)=O. The van der Waals surface area contributed by atoms with Gasteiger partial charge in [0.05, 0.1) is 18.3 Å². The molecule has 196 valence electrons. The summed E-state index contributed by atoms with van der Waals surface area (Å²) in [6.45, 7) is 2.86. The van der Waals surface area contributed by atoms with Gasteiger partial charge in [-0.25, -0.2) is 12.8 Å². The van der Waals surface area contributed by atoms with E-state index in [0.29, 0.717) is 22.8 Å². The van der Waals surface area contributed by atoms with E-state index >= 15 is 0 Å². The molecule has 2 aromatic carbocycles. The topological polar surface area (TPSA) is 139 Å². The molecule has 0 fully saturated rings. The Balaban J connectivity index is 2.49. The van der Waals surface area contributed by atoms with Crippen LogP contribution in [0.25, 0.3) is 0 Å². The number of carbonyl (C=O) groups is 2. The van der Waals surface area contributed by atoms with Gasteiger partial charge in [-0.2, -0.15) is 0 Å². The lowest BCUT2D eigenvalue weighted by molar-refractivity contribution is -0.384. The van der Waals surface area contributed by atoms with Gasteiger partial charge < -0.3 is 15.0 Å². The number of nitrogens with zero attached hydrogens (tertiary/aromatic N) is 3. The average molecular weight is 525 g/mol. The van der Waals surface area contributed by atoms with Crippen LogP contribution in [0.2, 0.25) is 0 Å². The summed E-state index contributed by atoms with van der Waals surface area (Å²) in [6.07, 6.45) is 1.51. The van der Waals surface area contributed by atoms with E-state index in [1.54, 1.807) is 0 Å². The zero-order valence-electron chi connectivity index (χ0n) is 20.4. The van der Waals surface area contributed by atoms with E-state index in [4.69, 9.17) is 4.74 Å². The van der Waals surface area contributed by atoms with Crippen molar-refractivity contribution in [3.63, 3.8) is 0 Å². The number of benzene rings is 2. The maximum Gasteiger partial charge on any atom is 0.271 e. The maximum atomic E-state index is 13.5. The number of ether oxygens (including phenoxy) is 1. The predicted molar refractivity (Wildman–Crippen MR) is 132 cm³/mol. The molecular weight excluding hydrogens is 495 g/mol. The number of nitro benzene ring substituents is 1. The zero-order valence-corrected chi connectivity index (χ0v) is 21.2. The molecule has 0 radical (unpaired) electrons. The van der Waals surface area contributed by atoms with E-state index in [0.717, 1.165) is 18.4 Å². The van der Waals surface area contributed by atoms with Gasteiger partial charge in [-0.1, -0.05) is 19.1 Å². The van der Waals surface area contributed by atoms with E-state index in [-0.39, 0.29) is 18.0 Å². The first-order valence-electron chi connectivity index (χ1n) is 11.0. The minimum absolute atomic E-state index is 0.00218. The predicted octanol–water partition coefficient (Wildman–Crippen LogP) is 2.45. The molecule has 0 saturated carbocycles. The van der Waals surface area contributed by atoms with Crippen molar-refractivity contribution in [3.05, 3.63) is 64.0 Å². The van der Waals surface area contributed by atoms with Crippen molar-refractivity contribution >= 4 is 33.2 Å². The molecule has 0 heterocycles. The number of nitrogens with one attached hydrogen (secondary N) is 1. The molecule has 2 rings (SSSR count). The third kappa shape index (κ3) is 7.38. The van der Waals surface area contributed by atoms with Crippen molar-refractivity contribution in [1.29, 1.82) is 0 Å². The second kappa shape index (κ2) is 12.3. The first kappa shape index (κ1) is 28.5.